The number of rotatable bonds is 6. The number of hydrogen-bond acceptors (Lipinski definition) is 5. The van der Waals surface area contributed by atoms with Gasteiger partial charge in [0.25, 0.3) is 5.91 Å². The first-order valence-electron chi connectivity index (χ1n) is 9.57. The summed E-state index contributed by atoms with van der Waals surface area (Å²) in [7, 11) is 0. The number of hydrogen-bond donors (Lipinski definition) is 3. The van der Waals surface area contributed by atoms with Crippen molar-refractivity contribution in [2.75, 3.05) is 10.6 Å². The van der Waals surface area contributed by atoms with E-state index in [-0.39, 0.29) is 28.7 Å². The summed E-state index contributed by atoms with van der Waals surface area (Å²) in [5, 5.41) is 17.0. The van der Waals surface area contributed by atoms with Gasteiger partial charge in [0.2, 0.25) is 0 Å². The van der Waals surface area contributed by atoms with Crippen molar-refractivity contribution in [1.29, 1.82) is 5.26 Å². The molecule has 0 saturated heterocycles. The summed E-state index contributed by atoms with van der Waals surface area (Å²) >= 11 is 11.7. The Kier molecular flexibility index (Phi) is 8.03. The van der Waals surface area contributed by atoms with Crippen LogP contribution in [0.5, 0.6) is 0 Å². The zero-order chi connectivity index (χ0) is 24.7. The van der Waals surface area contributed by atoms with Crippen LogP contribution in [-0.4, -0.2) is 17.7 Å². The minimum atomic E-state index is -0.922. The van der Waals surface area contributed by atoms with Crippen molar-refractivity contribution in [2.24, 2.45) is 0 Å². The molecule has 1 heterocycles. The van der Waals surface area contributed by atoms with Crippen LogP contribution >= 0.6 is 23.2 Å². The minimum absolute atomic E-state index is 0.120. The normalized spacial score (nSPS) is 10.8. The number of carbonyl (C=O) groups is 3. The first-order valence-corrected chi connectivity index (χ1v) is 10.3. The number of amides is 3. The second-order valence-electron chi connectivity index (χ2n) is 6.70. The molecule has 0 radical (unpaired) electrons. The highest BCUT2D eigenvalue weighted by Crippen LogP contribution is 2.25. The molecule has 0 unspecified atom stereocenters. The number of nitrogens with one attached hydrogen (secondary N) is 3. The number of anilines is 2. The fourth-order valence-electron chi connectivity index (χ4n) is 2.60. The van der Waals surface area contributed by atoms with Crippen molar-refractivity contribution >= 4 is 58.4 Å². The van der Waals surface area contributed by atoms with Crippen molar-refractivity contribution in [3.8, 4) is 6.07 Å². The summed E-state index contributed by atoms with van der Waals surface area (Å²) in [6, 6.07) is 14.2. The first-order chi connectivity index (χ1) is 16.2. The van der Waals surface area contributed by atoms with Crippen molar-refractivity contribution in [3.63, 3.8) is 0 Å². The number of carbonyl (C=O) groups excluding carboxylic acids is 3. The average molecular weight is 501 g/mol. The molecule has 3 rings (SSSR count). The molecule has 3 amide bonds. The third-order valence-corrected chi connectivity index (χ3v) is 4.98. The van der Waals surface area contributed by atoms with Crippen LogP contribution in [0.2, 0.25) is 10.0 Å². The second kappa shape index (κ2) is 11.1. The number of nitrogens with zero attached hydrogens (tertiary/aromatic N) is 1. The molecule has 8 nitrogen and oxygen atoms in total. The quantitative estimate of drug-likeness (QED) is 0.260. The topological polar surface area (TPSA) is 124 Å². The van der Waals surface area contributed by atoms with E-state index in [1.54, 1.807) is 6.07 Å². The lowest BCUT2D eigenvalue weighted by atomic mass is 10.2. The molecule has 0 aliphatic heterocycles. The Labute approximate surface area is 203 Å². The Morgan fingerprint density at radius 1 is 0.912 bits per heavy atom. The zero-order valence-electron chi connectivity index (χ0n) is 17.2. The summed E-state index contributed by atoms with van der Waals surface area (Å²) in [5.41, 5.74) is 0.354. The highest BCUT2D eigenvalue weighted by molar-refractivity contribution is 6.42. The van der Waals surface area contributed by atoms with Gasteiger partial charge in [-0.2, -0.15) is 5.26 Å². The monoisotopic (exact) mass is 500 g/mol. The maximum Gasteiger partial charge on any atom is 0.313 e. The van der Waals surface area contributed by atoms with Crippen molar-refractivity contribution < 1.29 is 23.2 Å². The zero-order valence-corrected chi connectivity index (χ0v) is 18.7. The van der Waals surface area contributed by atoms with Crippen LogP contribution in [0.25, 0.3) is 6.08 Å². The van der Waals surface area contributed by atoms with Gasteiger partial charge >= 0.3 is 11.8 Å². The fourth-order valence-corrected chi connectivity index (χ4v) is 2.90. The van der Waals surface area contributed by atoms with E-state index < -0.39 is 23.5 Å². The van der Waals surface area contributed by atoms with Gasteiger partial charge in [-0.15, -0.1) is 0 Å². The molecule has 0 aliphatic carbocycles. The molecule has 0 fully saturated rings. The van der Waals surface area contributed by atoms with Crippen LogP contribution < -0.4 is 16.0 Å². The van der Waals surface area contributed by atoms with E-state index in [2.05, 4.69) is 16.0 Å². The molecule has 0 bridgehead atoms. The summed E-state index contributed by atoms with van der Waals surface area (Å²) in [4.78, 5) is 36.3. The van der Waals surface area contributed by atoms with E-state index in [1.807, 2.05) is 0 Å². The molecular formula is C23H15Cl2FN4O4. The third-order valence-electron chi connectivity index (χ3n) is 4.24. The van der Waals surface area contributed by atoms with Crippen LogP contribution in [0.4, 0.5) is 15.8 Å². The molecule has 3 N–H and O–H groups in total. The predicted molar refractivity (Wildman–Crippen MR) is 124 cm³/mol. The molecular weight excluding hydrogens is 486 g/mol. The lowest BCUT2D eigenvalue weighted by Gasteiger charge is -2.06. The lowest BCUT2D eigenvalue weighted by Crippen LogP contribution is -2.34. The first kappa shape index (κ1) is 24.5. The van der Waals surface area contributed by atoms with Gasteiger partial charge < -0.3 is 20.4 Å². The van der Waals surface area contributed by atoms with E-state index in [0.717, 1.165) is 0 Å². The van der Waals surface area contributed by atoms with Crippen molar-refractivity contribution in [1.82, 2.24) is 5.32 Å². The number of furan rings is 1. The lowest BCUT2D eigenvalue weighted by molar-refractivity contribution is -0.136. The Bertz CT molecular complexity index is 1310. The van der Waals surface area contributed by atoms with Gasteiger partial charge in [-0.05, 0) is 54.6 Å². The van der Waals surface area contributed by atoms with Gasteiger partial charge in [-0.1, -0.05) is 23.2 Å². The molecule has 2 aromatic carbocycles. The number of benzene rings is 2. The van der Waals surface area contributed by atoms with E-state index in [4.69, 9.17) is 27.6 Å². The van der Waals surface area contributed by atoms with Gasteiger partial charge in [0.05, 0.1) is 16.6 Å². The Morgan fingerprint density at radius 2 is 1.59 bits per heavy atom. The second-order valence-corrected chi connectivity index (χ2v) is 7.52. The standard InChI is InChI=1S/C23H15Cl2FN4O4/c24-19-8-5-16(10-20(19)25)30-23(33)22(32)28-12-18-7-6-17(34-18)9-13(11-27)21(31)29-15-3-1-14(26)2-4-15/h1-10H,12H2,(H,28,32)(H,29,31)(H,30,33)/b13-9-. The van der Waals surface area contributed by atoms with E-state index in [1.165, 1.54) is 60.7 Å². The highest BCUT2D eigenvalue weighted by Gasteiger charge is 2.15. The van der Waals surface area contributed by atoms with E-state index in [9.17, 15) is 24.0 Å². The highest BCUT2D eigenvalue weighted by atomic mass is 35.5. The predicted octanol–water partition coefficient (Wildman–Crippen LogP) is 4.53. The van der Waals surface area contributed by atoms with Gasteiger partial charge in [-0.25, -0.2) is 4.39 Å². The van der Waals surface area contributed by atoms with E-state index in [0.29, 0.717) is 16.4 Å². The van der Waals surface area contributed by atoms with Crippen molar-refractivity contribution in [2.45, 2.75) is 6.54 Å². The van der Waals surface area contributed by atoms with Gasteiger partial charge in [0.15, 0.2) is 0 Å². The smallest absolute Gasteiger partial charge is 0.313 e. The van der Waals surface area contributed by atoms with Gasteiger partial charge in [0, 0.05) is 17.5 Å². The SMILES string of the molecule is N#C/C(=C/c1ccc(CNC(=O)C(=O)Nc2ccc(Cl)c(Cl)c2)o1)C(=O)Nc1ccc(F)cc1. The molecule has 0 saturated carbocycles. The molecule has 172 valence electrons. The van der Waals surface area contributed by atoms with Gasteiger partial charge in [0.1, 0.15) is 29.0 Å². The maximum absolute atomic E-state index is 13.0. The summed E-state index contributed by atoms with van der Waals surface area (Å²) in [5.74, 6) is -2.56. The molecule has 0 atom stereocenters. The summed E-state index contributed by atoms with van der Waals surface area (Å²) in [6.45, 7) is -0.120. The van der Waals surface area contributed by atoms with Crippen molar-refractivity contribution in [3.05, 3.63) is 87.6 Å². The molecule has 0 spiro atoms. The molecule has 34 heavy (non-hydrogen) atoms. The Morgan fingerprint density at radius 3 is 2.26 bits per heavy atom. The molecule has 0 aliphatic rings. The average Bonchev–Trinajstić information content (AvgIpc) is 3.27. The molecule has 3 aromatic rings. The molecule has 11 heteroatoms. The Hall–Kier alpha value is -4.13. The van der Waals surface area contributed by atoms with Gasteiger partial charge in [-0.3, -0.25) is 14.4 Å². The summed E-state index contributed by atoms with van der Waals surface area (Å²) < 4.78 is 18.4. The van der Waals surface area contributed by atoms with Crippen LogP contribution in [0.3, 0.4) is 0 Å². The molecule has 1 aromatic heterocycles. The van der Waals surface area contributed by atoms with Crippen LogP contribution in [-0.2, 0) is 20.9 Å². The number of nitriles is 1. The van der Waals surface area contributed by atoms with Crippen LogP contribution in [0.1, 0.15) is 11.5 Å². The largest absolute Gasteiger partial charge is 0.460 e. The minimum Gasteiger partial charge on any atom is -0.460 e. The van der Waals surface area contributed by atoms with Crippen LogP contribution in [0.15, 0.2) is 64.6 Å². The van der Waals surface area contributed by atoms with E-state index >= 15 is 0 Å². The maximum atomic E-state index is 13.0. The summed E-state index contributed by atoms with van der Waals surface area (Å²) in [6.07, 6.45) is 1.21. The van der Waals surface area contributed by atoms with Crippen LogP contribution in [0, 0.1) is 17.1 Å². The third kappa shape index (κ3) is 6.68. The fraction of sp³-hybridized carbons (Fsp3) is 0.0435. The Balaban J connectivity index is 1.56. The number of halogens is 3.